The van der Waals surface area contributed by atoms with Gasteiger partial charge in [0.25, 0.3) is 5.69 Å². The molecule has 0 aliphatic rings. The standard InChI is InChI=1S/C15H8Cl2N2O2/c16-14-5-4-10(7-15(14)17)6-12(9-18)11-2-1-3-13(8-11)19(20)21/h1-8H. The van der Waals surface area contributed by atoms with E-state index < -0.39 is 4.92 Å². The average Bonchev–Trinajstić information content (AvgIpc) is 2.48. The maximum absolute atomic E-state index is 10.8. The van der Waals surface area contributed by atoms with Crippen LogP contribution in [0.3, 0.4) is 0 Å². The van der Waals surface area contributed by atoms with Crippen LogP contribution in [-0.2, 0) is 0 Å². The number of nitrogens with zero attached hydrogens (tertiary/aromatic N) is 2. The third-order valence-electron chi connectivity index (χ3n) is 2.74. The van der Waals surface area contributed by atoms with Crippen LogP contribution in [0.25, 0.3) is 11.6 Å². The van der Waals surface area contributed by atoms with Crippen LogP contribution in [0.2, 0.25) is 10.0 Å². The highest BCUT2D eigenvalue weighted by atomic mass is 35.5. The molecular formula is C15H8Cl2N2O2. The van der Waals surface area contributed by atoms with E-state index >= 15 is 0 Å². The second-order valence-corrected chi connectivity index (χ2v) is 4.97. The Balaban J connectivity index is 2.46. The van der Waals surface area contributed by atoms with Crippen molar-refractivity contribution in [1.82, 2.24) is 0 Å². The van der Waals surface area contributed by atoms with E-state index in [9.17, 15) is 15.4 Å². The van der Waals surface area contributed by atoms with Crippen molar-refractivity contribution in [2.24, 2.45) is 0 Å². The van der Waals surface area contributed by atoms with Crippen molar-refractivity contribution in [3.8, 4) is 6.07 Å². The van der Waals surface area contributed by atoms with Gasteiger partial charge in [-0.25, -0.2) is 0 Å². The number of non-ortho nitro benzene ring substituents is 1. The molecule has 0 saturated heterocycles. The van der Waals surface area contributed by atoms with Crippen molar-refractivity contribution < 1.29 is 4.92 Å². The van der Waals surface area contributed by atoms with Gasteiger partial charge in [0.15, 0.2) is 0 Å². The Kier molecular flexibility index (Phi) is 4.59. The van der Waals surface area contributed by atoms with Crippen molar-refractivity contribution in [2.45, 2.75) is 0 Å². The van der Waals surface area contributed by atoms with Crippen molar-refractivity contribution in [3.63, 3.8) is 0 Å². The van der Waals surface area contributed by atoms with E-state index in [2.05, 4.69) is 0 Å². The van der Waals surface area contributed by atoms with Crippen LogP contribution < -0.4 is 0 Å². The molecule has 6 heteroatoms. The quantitative estimate of drug-likeness (QED) is 0.347. The lowest BCUT2D eigenvalue weighted by Crippen LogP contribution is -1.89. The summed E-state index contributed by atoms with van der Waals surface area (Å²) in [7, 11) is 0. The van der Waals surface area contributed by atoms with E-state index in [0.717, 1.165) is 0 Å². The summed E-state index contributed by atoms with van der Waals surface area (Å²) in [5.41, 5.74) is 1.39. The molecule has 2 rings (SSSR count). The zero-order valence-corrected chi connectivity index (χ0v) is 12.1. The maximum Gasteiger partial charge on any atom is 0.270 e. The summed E-state index contributed by atoms with van der Waals surface area (Å²) < 4.78 is 0. The topological polar surface area (TPSA) is 66.9 Å². The Morgan fingerprint density at radius 2 is 1.95 bits per heavy atom. The number of nitriles is 1. The smallest absolute Gasteiger partial charge is 0.258 e. The lowest BCUT2D eigenvalue weighted by atomic mass is 10.0. The zero-order chi connectivity index (χ0) is 15.4. The molecule has 0 heterocycles. The number of benzene rings is 2. The Morgan fingerprint density at radius 1 is 1.19 bits per heavy atom. The number of nitro benzene ring substituents is 1. The van der Waals surface area contributed by atoms with Gasteiger partial charge >= 0.3 is 0 Å². The molecule has 0 bridgehead atoms. The van der Waals surface area contributed by atoms with E-state index in [4.69, 9.17) is 23.2 Å². The highest BCUT2D eigenvalue weighted by molar-refractivity contribution is 6.42. The van der Waals surface area contributed by atoms with Gasteiger partial charge in [-0.1, -0.05) is 41.4 Å². The minimum Gasteiger partial charge on any atom is -0.258 e. The average molecular weight is 319 g/mol. The highest BCUT2D eigenvalue weighted by Crippen LogP contribution is 2.26. The van der Waals surface area contributed by atoms with Crippen LogP contribution in [0, 0.1) is 21.4 Å². The van der Waals surface area contributed by atoms with Gasteiger partial charge in [0.2, 0.25) is 0 Å². The number of halogens is 2. The molecule has 0 amide bonds. The van der Waals surface area contributed by atoms with Crippen LogP contribution in [0.5, 0.6) is 0 Å². The van der Waals surface area contributed by atoms with Gasteiger partial charge in [-0.15, -0.1) is 0 Å². The normalized spacial score (nSPS) is 11.0. The Bertz CT molecular complexity index is 779. The van der Waals surface area contributed by atoms with Crippen LogP contribution in [-0.4, -0.2) is 4.92 Å². The largest absolute Gasteiger partial charge is 0.270 e. The van der Waals surface area contributed by atoms with Crippen molar-refractivity contribution in [3.05, 3.63) is 73.8 Å². The summed E-state index contributed by atoms with van der Waals surface area (Å²) in [5, 5.41) is 20.8. The van der Waals surface area contributed by atoms with Crippen LogP contribution >= 0.6 is 23.2 Å². The first-order chi connectivity index (χ1) is 10.0. The van der Waals surface area contributed by atoms with Gasteiger partial charge < -0.3 is 0 Å². The van der Waals surface area contributed by atoms with Crippen molar-refractivity contribution >= 4 is 40.5 Å². The molecule has 2 aromatic rings. The number of allylic oxidation sites excluding steroid dienone is 1. The second kappa shape index (κ2) is 6.40. The van der Waals surface area contributed by atoms with Gasteiger partial charge in [-0.05, 0) is 29.3 Å². The summed E-state index contributed by atoms with van der Waals surface area (Å²) in [5.74, 6) is 0. The molecule has 0 saturated carbocycles. The third-order valence-corrected chi connectivity index (χ3v) is 3.48. The minimum absolute atomic E-state index is 0.0669. The lowest BCUT2D eigenvalue weighted by Gasteiger charge is -2.01. The fourth-order valence-corrected chi connectivity index (χ4v) is 2.04. The number of hydrogen-bond donors (Lipinski definition) is 0. The first kappa shape index (κ1) is 15.0. The summed E-state index contributed by atoms with van der Waals surface area (Å²) in [4.78, 5) is 10.3. The minimum atomic E-state index is -0.502. The van der Waals surface area contributed by atoms with Crippen molar-refractivity contribution in [1.29, 1.82) is 5.26 Å². The van der Waals surface area contributed by atoms with E-state index in [1.54, 1.807) is 30.3 Å². The van der Waals surface area contributed by atoms with Gasteiger partial charge in [0.1, 0.15) is 0 Å². The molecule has 0 N–H and O–H groups in total. The van der Waals surface area contributed by atoms with Gasteiger partial charge in [-0.2, -0.15) is 5.26 Å². The monoisotopic (exact) mass is 318 g/mol. The molecule has 0 aliphatic carbocycles. The molecule has 4 nitrogen and oxygen atoms in total. The molecular weight excluding hydrogens is 311 g/mol. The van der Waals surface area contributed by atoms with Crippen LogP contribution in [0.15, 0.2) is 42.5 Å². The van der Waals surface area contributed by atoms with Crippen LogP contribution in [0.4, 0.5) is 5.69 Å². The lowest BCUT2D eigenvalue weighted by molar-refractivity contribution is -0.384. The summed E-state index contributed by atoms with van der Waals surface area (Å²) in [6.45, 7) is 0. The molecule has 21 heavy (non-hydrogen) atoms. The fraction of sp³-hybridized carbons (Fsp3) is 0. The van der Waals surface area contributed by atoms with Crippen LogP contribution in [0.1, 0.15) is 11.1 Å². The fourth-order valence-electron chi connectivity index (χ4n) is 1.74. The third kappa shape index (κ3) is 3.60. The predicted molar refractivity (Wildman–Crippen MR) is 83.0 cm³/mol. The number of nitro groups is 1. The summed E-state index contributed by atoms with van der Waals surface area (Å²) in [6.07, 6.45) is 1.60. The summed E-state index contributed by atoms with van der Waals surface area (Å²) >= 11 is 11.8. The van der Waals surface area contributed by atoms with Gasteiger partial charge in [0, 0.05) is 12.1 Å². The first-order valence-corrected chi connectivity index (χ1v) is 6.58. The highest BCUT2D eigenvalue weighted by Gasteiger charge is 2.09. The molecule has 104 valence electrons. The maximum atomic E-state index is 10.8. The molecule has 0 radical (unpaired) electrons. The predicted octanol–water partition coefficient (Wildman–Crippen LogP) is 4.97. The van der Waals surface area contributed by atoms with E-state index in [-0.39, 0.29) is 5.69 Å². The van der Waals surface area contributed by atoms with Gasteiger partial charge in [-0.3, -0.25) is 10.1 Å². The molecule has 0 aliphatic heterocycles. The molecule has 0 atom stereocenters. The summed E-state index contributed by atoms with van der Waals surface area (Å²) in [6, 6.07) is 12.9. The van der Waals surface area contributed by atoms with Crippen molar-refractivity contribution in [2.75, 3.05) is 0 Å². The second-order valence-electron chi connectivity index (χ2n) is 4.15. The molecule has 0 aromatic heterocycles. The Morgan fingerprint density at radius 3 is 2.57 bits per heavy atom. The molecule has 2 aromatic carbocycles. The number of hydrogen-bond acceptors (Lipinski definition) is 3. The van der Waals surface area contributed by atoms with Gasteiger partial charge in [0.05, 0.1) is 26.6 Å². The van der Waals surface area contributed by atoms with E-state index in [0.29, 0.717) is 26.7 Å². The Hall–Kier alpha value is -2.35. The molecule has 0 fully saturated rings. The zero-order valence-electron chi connectivity index (χ0n) is 10.6. The SMILES string of the molecule is N#CC(=Cc1ccc(Cl)c(Cl)c1)c1cccc([N+](=O)[O-])c1. The van der Waals surface area contributed by atoms with E-state index in [1.807, 2.05) is 6.07 Å². The molecule has 0 unspecified atom stereocenters. The Labute approximate surface area is 131 Å². The molecule has 0 spiro atoms. The van der Waals surface area contributed by atoms with E-state index in [1.165, 1.54) is 18.2 Å². The number of rotatable bonds is 3. The first-order valence-electron chi connectivity index (χ1n) is 5.83.